The number of methoxy groups -OCH3 is 1. The number of esters is 1. The van der Waals surface area contributed by atoms with Gasteiger partial charge in [0.1, 0.15) is 5.82 Å². The molecular weight excluding hydrogens is 389 g/mol. The number of imidazole rings is 1. The number of nitrogens with zero attached hydrogens (tertiary/aromatic N) is 3. The molecule has 0 saturated carbocycles. The predicted octanol–water partition coefficient (Wildman–Crippen LogP) is 4.59. The molecular formula is C22H16FN3O4. The first-order valence-electron chi connectivity index (χ1n) is 9.05. The van der Waals surface area contributed by atoms with Gasteiger partial charge < -0.3 is 9.30 Å². The Labute approximate surface area is 170 Å². The Balaban J connectivity index is 1.92. The third-order valence-corrected chi connectivity index (χ3v) is 4.75. The fourth-order valence-corrected chi connectivity index (χ4v) is 3.31. The summed E-state index contributed by atoms with van der Waals surface area (Å²) in [4.78, 5) is 26.9. The van der Waals surface area contributed by atoms with E-state index in [1.54, 1.807) is 18.2 Å². The summed E-state index contributed by atoms with van der Waals surface area (Å²) in [5.41, 5.74) is 2.36. The lowest BCUT2D eigenvalue weighted by atomic mass is 10.1. The molecule has 4 rings (SSSR count). The van der Waals surface area contributed by atoms with Crippen LogP contribution in [-0.2, 0) is 11.3 Å². The van der Waals surface area contributed by atoms with Gasteiger partial charge in [0.15, 0.2) is 0 Å². The molecule has 7 nitrogen and oxygen atoms in total. The third-order valence-electron chi connectivity index (χ3n) is 4.75. The highest BCUT2D eigenvalue weighted by molar-refractivity contribution is 5.94. The number of carbonyl (C=O) groups excluding carboxylic acids is 1. The zero-order valence-corrected chi connectivity index (χ0v) is 15.9. The van der Waals surface area contributed by atoms with Crippen molar-refractivity contribution >= 4 is 22.7 Å². The molecule has 1 aromatic heterocycles. The Morgan fingerprint density at radius 2 is 1.90 bits per heavy atom. The van der Waals surface area contributed by atoms with Gasteiger partial charge in [-0.25, -0.2) is 9.78 Å². The zero-order valence-electron chi connectivity index (χ0n) is 15.9. The van der Waals surface area contributed by atoms with Crippen LogP contribution in [0.1, 0.15) is 15.9 Å². The largest absolute Gasteiger partial charge is 0.465 e. The average molecular weight is 405 g/mol. The third kappa shape index (κ3) is 3.50. The first-order chi connectivity index (χ1) is 14.5. The maximum Gasteiger partial charge on any atom is 0.337 e. The summed E-state index contributed by atoms with van der Waals surface area (Å²) in [5.74, 6) is -0.977. The first-order valence-corrected chi connectivity index (χ1v) is 9.05. The van der Waals surface area contributed by atoms with E-state index in [0.29, 0.717) is 29.0 Å². The van der Waals surface area contributed by atoms with Gasteiger partial charge in [-0.2, -0.15) is 4.39 Å². The van der Waals surface area contributed by atoms with Crippen LogP contribution in [-0.4, -0.2) is 27.6 Å². The van der Waals surface area contributed by atoms with Gasteiger partial charge in [-0.1, -0.05) is 30.3 Å². The molecule has 0 bridgehead atoms. The summed E-state index contributed by atoms with van der Waals surface area (Å²) >= 11 is 0. The predicted molar refractivity (Wildman–Crippen MR) is 109 cm³/mol. The van der Waals surface area contributed by atoms with Crippen molar-refractivity contribution < 1.29 is 18.8 Å². The Kier molecular flexibility index (Phi) is 4.97. The van der Waals surface area contributed by atoms with Crippen molar-refractivity contribution in [3.05, 3.63) is 93.8 Å². The number of hydrogen-bond donors (Lipinski definition) is 0. The van der Waals surface area contributed by atoms with Crippen molar-refractivity contribution in [2.45, 2.75) is 6.54 Å². The molecule has 0 aliphatic carbocycles. The molecule has 0 aliphatic rings. The van der Waals surface area contributed by atoms with Crippen molar-refractivity contribution in [3.8, 4) is 11.4 Å². The Morgan fingerprint density at radius 1 is 1.13 bits per heavy atom. The second-order valence-electron chi connectivity index (χ2n) is 6.63. The second kappa shape index (κ2) is 7.75. The van der Waals surface area contributed by atoms with Crippen molar-refractivity contribution in [1.29, 1.82) is 0 Å². The van der Waals surface area contributed by atoms with Gasteiger partial charge in [0.05, 0.1) is 28.6 Å². The molecule has 0 N–H and O–H groups in total. The van der Waals surface area contributed by atoms with Crippen molar-refractivity contribution in [3.63, 3.8) is 0 Å². The fraction of sp³-hybridized carbons (Fsp3) is 0.0909. The van der Waals surface area contributed by atoms with Gasteiger partial charge in [0.2, 0.25) is 5.82 Å². The molecule has 1 heterocycles. The van der Waals surface area contributed by atoms with Crippen LogP contribution in [0.25, 0.3) is 22.4 Å². The maximum absolute atomic E-state index is 13.8. The number of halogens is 1. The van der Waals surface area contributed by atoms with Crippen LogP contribution < -0.4 is 0 Å². The zero-order chi connectivity index (χ0) is 21.3. The van der Waals surface area contributed by atoms with Gasteiger partial charge in [0, 0.05) is 18.2 Å². The molecule has 4 aromatic rings. The number of aromatic nitrogens is 2. The number of hydrogen-bond acceptors (Lipinski definition) is 5. The van der Waals surface area contributed by atoms with E-state index >= 15 is 0 Å². The van der Waals surface area contributed by atoms with E-state index in [0.717, 1.165) is 17.1 Å². The first kappa shape index (κ1) is 19.3. The minimum Gasteiger partial charge on any atom is -0.465 e. The van der Waals surface area contributed by atoms with Gasteiger partial charge >= 0.3 is 11.7 Å². The lowest BCUT2D eigenvalue weighted by Crippen LogP contribution is -2.03. The molecule has 150 valence electrons. The molecule has 0 unspecified atom stereocenters. The van der Waals surface area contributed by atoms with E-state index in [-0.39, 0.29) is 0 Å². The van der Waals surface area contributed by atoms with Crippen LogP contribution in [0.4, 0.5) is 10.1 Å². The maximum atomic E-state index is 13.8. The molecule has 8 heteroatoms. The number of benzene rings is 3. The van der Waals surface area contributed by atoms with E-state index in [1.165, 1.54) is 19.2 Å². The van der Waals surface area contributed by atoms with Gasteiger partial charge in [-0.15, -0.1) is 0 Å². The number of fused-ring (bicyclic) bond motifs is 1. The van der Waals surface area contributed by atoms with Crippen LogP contribution in [0, 0.1) is 15.9 Å². The average Bonchev–Trinajstić information content (AvgIpc) is 3.11. The van der Waals surface area contributed by atoms with E-state index < -0.39 is 22.4 Å². The second-order valence-corrected chi connectivity index (χ2v) is 6.63. The number of rotatable bonds is 5. The number of carbonyl (C=O) groups is 1. The summed E-state index contributed by atoms with van der Waals surface area (Å²) in [6, 6.07) is 18.3. The van der Waals surface area contributed by atoms with E-state index in [2.05, 4.69) is 4.98 Å². The summed E-state index contributed by atoms with van der Waals surface area (Å²) < 4.78 is 20.5. The summed E-state index contributed by atoms with van der Waals surface area (Å²) in [5, 5.41) is 11.2. The SMILES string of the molecule is COC(=O)c1ccc2c(c1)nc(-c1ccc(F)c([N+](=O)[O-])c1)n2Cc1ccccc1. The highest BCUT2D eigenvalue weighted by Gasteiger charge is 2.20. The highest BCUT2D eigenvalue weighted by atomic mass is 19.1. The molecule has 0 atom stereocenters. The van der Waals surface area contributed by atoms with Crippen molar-refractivity contribution in [2.24, 2.45) is 0 Å². The number of nitro groups is 1. The summed E-state index contributed by atoms with van der Waals surface area (Å²) in [7, 11) is 1.30. The molecule has 0 amide bonds. The molecule has 0 saturated heterocycles. The lowest BCUT2D eigenvalue weighted by molar-refractivity contribution is -0.387. The number of ether oxygens (including phenoxy) is 1. The van der Waals surface area contributed by atoms with Gasteiger partial charge in [-0.05, 0) is 35.9 Å². The van der Waals surface area contributed by atoms with Crippen molar-refractivity contribution in [1.82, 2.24) is 9.55 Å². The Bertz CT molecular complexity index is 1270. The fourth-order valence-electron chi connectivity index (χ4n) is 3.31. The van der Waals surface area contributed by atoms with Crippen LogP contribution in [0.15, 0.2) is 66.7 Å². The molecule has 0 radical (unpaired) electrons. The molecule has 0 aliphatic heterocycles. The lowest BCUT2D eigenvalue weighted by Gasteiger charge is -2.10. The minimum absolute atomic E-state index is 0.339. The number of nitro benzene ring substituents is 1. The van der Waals surface area contributed by atoms with E-state index in [9.17, 15) is 19.3 Å². The van der Waals surface area contributed by atoms with E-state index in [1.807, 2.05) is 34.9 Å². The monoisotopic (exact) mass is 405 g/mol. The molecule has 3 aromatic carbocycles. The summed E-state index contributed by atoms with van der Waals surface area (Å²) in [6.45, 7) is 0.440. The van der Waals surface area contributed by atoms with Gasteiger partial charge in [-0.3, -0.25) is 10.1 Å². The Morgan fingerprint density at radius 3 is 2.60 bits per heavy atom. The molecule has 0 fully saturated rings. The van der Waals surface area contributed by atoms with Gasteiger partial charge in [0.25, 0.3) is 0 Å². The topological polar surface area (TPSA) is 87.3 Å². The smallest absolute Gasteiger partial charge is 0.337 e. The van der Waals surface area contributed by atoms with Crippen molar-refractivity contribution in [2.75, 3.05) is 7.11 Å². The standard InChI is InChI=1S/C22H16FN3O4/c1-30-22(27)16-8-10-19-18(11-16)24-21(25(19)13-14-5-3-2-4-6-14)15-7-9-17(23)20(12-15)26(28)29/h2-12H,13H2,1H3. The van der Waals surface area contributed by atoms with Crippen LogP contribution in [0.2, 0.25) is 0 Å². The highest BCUT2D eigenvalue weighted by Crippen LogP contribution is 2.30. The normalized spacial score (nSPS) is 10.9. The minimum atomic E-state index is -0.914. The molecule has 0 spiro atoms. The molecule has 30 heavy (non-hydrogen) atoms. The quantitative estimate of drug-likeness (QED) is 0.275. The van der Waals surface area contributed by atoms with Crippen LogP contribution in [0.3, 0.4) is 0 Å². The van der Waals surface area contributed by atoms with Crippen LogP contribution >= 0.6 is 0 Å². The van der Waals surface area contributed by atoms with Crippen LogP contribution in [0.5, 0.6) is 0 Å². The Hall–Kier alpha value is -4.07. The summed E-state index contributed by atoms with van der Waals surface area (Å²) in [6.07, 6.45) is 0. The van der Waals surface area contributed by atoms with E-state index in [4.69, 9.17) is 4.74 Å².